The third kappa shape index (κ3) is 1.99. The van der Waals surface area contributed by atoms with Crippen LogP contribution < -0.4 is 5.73 Å². The van der Waals surface area contributed by atoms with E-state index in [4.69, 9.17) is 5.73 Å². The van der Waals surface area contributed by atoms with E-state index in [1.807, 2.05) is 6.07 Å². The van der Waals surface area contributed by atoms with Crippen molar-refractivity contribution in [2.45, 2.75) is 0 Å². The molecule has 3 rings (SSSR count). The molecule has 0 saturated carbocycles. The highest BCUT2D eigenvalue weighted by atomic mass is 79.9. The third-order valence-electron chi connectivity index (χ3n) is 2.85. The van der Waals surface area contributed by atoms with Crippen LogP contribution in [0.25, 0.3) is 17.0 Å². The Morgan fingerprint density at radius 2 is 2.05 bits per heavy atom. The molecule has 0 aliphatic carbocycles. The van der Waals surface area contributed by atoms with Crippen molar-refractivity contribution in [1.82, 2.24) is 14.6 Å². The van der Waals surface area contributed by atoms with Gasteiger partial charge in [-0.25, -0.2) is 0 Å². The number of benzene rings is 1. The maximum absolute atomic E-state index is 10.9. The van der Waals surface area contributed by atoms with Crippen LogP contribution in [0.1, 0.15) is 0 Å². The molecule has 3 aromatic rings. The number of hydrogen-bond acceptors (Lipinski definition) is 5. The number of nitro benzene ring substituents is 1. The lowest BCUT2D eigenvalue weighted by Crippen LogP contribution is -1.97. The molecule has 0 unspecified atom stereocenters. The first-order chi connectivity index (χ1) is 9.56. The lowest BCUT2D eigenvalue weighted by atomic mass is 10.1. The highest BCUT2D eigenvalue weighted by molar-refractivity contribution is 9.10. The normalized spacial score (nSPS) is 10.8. The Kier molecular flexibility index (Phi) is 2.87. The topological polar surface area (TPSA) is 99.3 Å². The van der Waals surface area contributed by atoms with Crippen molar-refractivity contribution in [1.29, 1.82) is 0 Å². The van der Waals surface area contributed by atoms with Gasteiger partial charge in [0.05, 0.1) is 4.92 Å². The first-order valence-corrected chi connectivity index (χ1v) is 6.40. The number of anilines is 1. The average molecular weight is 334 g/mol. The number of nitrogens with zero attached hydrogens (tertiary/aromatic N) is 4. The number of pyridine rings is 1. The minimum absolute atomic E-state index is 0.119. The van der Waals surface area contributed by atoms with Crippen molar-refractivity contribution >= 4 is 33.0 Å². The average Bonchev–Trinajstić information content (AvgIpc) is 2.82. The van der Waals surface area contributed by atoms with Gasteiger partial charge in [0.25, 0.3) is 5.69 Å². The van der Waals surface area contributed by atoms with Gasteiger partial charge in [0, 0.05) is 22.3 Å². The summed E-state index contributed by atoms with van der Waals surface area (Å²) in [5.74, 6) is 0.518. The predicted molar refractivity (Wildman–Crippen MR) is 77.2 cm³/mol. The van der Waals surface area contributed by atoms with Crippen LogP contribution in [0.15, 0.2) is 41.0 Å². The van der Waals surface area contributed by atoms with E-state index >= 15 is 0 Å². The molecule has 0 aliphatic rings. The molecule has 20 heavy (non-hydrogen) atoms. The monoisotopic (exact) mass is 333 g/mol. The number of fused-ring (bicyclic) bond motifs is 1. The molecule has 2 aromatic heterocycles. The molecule has 0 aliphatic heterocycles. The summed E-state index contributed by atoms with van der Waals surface area (Å²) in [6, 6.07) is 8.21. The quantitative estimate of drug-likeness (QED) is 0.441. The van der Waals surface area contributed by atoms with Crippen molar-refractivity contribution < 1.29 is 4.92 Å². The number of aromatic nitrogens is 3. The molecule has 0 amide bonds. The summed E-state index contributed by atoms with van der Waals surface area (Å²) in [7, 11) is 0. The lowest BCUT2D eigenvalue weighted by Gasteiger charge is -2.02. The SMILES string of the molecule is Nc1ccc(-c2nnc3ccc(Br)cn23)cc1[N+](=O)[O-]. The van der Waals surface area contributed by atoms with Gasteiger partial charge in [-0.2, -0.15) is 0 Å². The first-order valence-electron chi connectivity index (χ1n) is 5.61. The van der Waals surface area contributed by atoms with Crippen molar-refractivity contribution in [3.63, 3.8) is 0 Å². The van der Waals surface area contributed by atoms with Gasteiger partial charge in [-0.1, -0.05) is 0 Å². The second-order valence-electron chi connectivity index (χ2n) is 4.13. The van der Waals surface area contributed by atoms with E-state index in [1.54, 1.807) is 22.7 Å². The van der Waals surface area contributed by atoms with Crippen LogP contribution in [-0.4, -0.2) is 19.5 Å². The first kappa shape index (κ1) is 12.5. The van der Waals surface area contributed by atoms with Gasteiger partial charge in [-0.05, 0) is 40.2 Å². The zero-order chi connectivity index (χ0) is 14.3. The number of halogens is 1. The van der Waals surface area contributed by atoms with E-state index in [-0.39, 0.29) is 11.4 Å². The standard InChI is InChI=1S/C12H8BrN5O2/c13-8-2-4-11-15-16-12(17(11)6-8)7-1-3-9(14)10(5-7)18(19)20/h1-6H,14H2. The maximum atomic E-state index is 10.9. The molecule has 0 atom stereocenters. The number of nitro groups is 1. The molecule has 0 bridgehead atoms. The Morgan fingerprint density at radius 1 is 1.25 bits per heavy atom. The molecule has 0 spiro atoms. The van der Waals surface area contributed by atoms with Crippen LogP contribution in [0.5, 0.6) is 0 Å². The van der Waals surface area contributed by atoms with Gasteiger partial charge in [0.2, 0.25) is 0 Å². The Hall–Kier alpha value is -2.48. The highest BCUT2D eigenvalue weighted by Crippen LogP contribution is 2.28. The van der Waals surface area contributed by atoms with Crippen LogP contribution in [0.4, 0.5) is 11.4 Å². The Bertz CT molecular complexity index is 830. The molecule has 0 fully saturated rings. The van der Waals surface area contributed by atoms with Gasteiger partial charge in [0.1, 0.15) is 5.69 Å². The van der Waals surface area contributed by atoms with Crippen LogP contribution in [-0.2, 0) is 0 Å². The van der Waals surface area contributed by atoms with E-state index in [9.17, 15) is 10.1 Å². The minimum Gasteiger partial charge on any atom is -0.393 e. The summed E-state index contributed by atoms with van der Waals surface area (Å²) in [6.07, 6.45) is 1.80. The third-order valence-corrected chi connectivity index (χ3v) is 3.32. The summed E-state index contributed by atoms with van der Waals surface area (Å²) in [6.45, 7) is 0. The minimum atomic E-state index is -0.516. The zero-order valence-corrected chi connectivity index (χ0v) is 11.6. The van der Waals surface area contributed by atoms with Crippen molar-refractivity contribution in [3.8, 4) is 11.4 Å². The Labute approximate surface area is 121 Å². The summed E-state index contributed by atoms with van der Waals surface area (Å²) >= 11 is 3.37. The van der Waals surface area contributed by atoms with E-state index in [0.717, 1.165) is 4.47 Å². The van der Waals surface area contributed by atoms with Crippen LogP contribution in [0.2, 0.25) is 0 Å². The fourth-order valence-electron chi connectivity index (χ4n) is 1.90. The van der Waals surface area contributed by atoms with Gasteiger partial charge < -0.3 is 5.73 Å². The number of nitrogen functional groups attached to an aromatic ring is 1. The van der Waals surface area contributed by atoms with Crippen molar-refractivity contribution in [2.24, 2.45) is 0 Å². The van der Waals surface area contributed by atoms with Crippen LogP contribution >= 0.6 is 15.9 Å². The molecule has 2 heterocycles. The largest absolute Gasteiger partial charge is 0.393 e. The van der Waals surface area contributed by atoms with Gasteiger partial charge in [0.15, 0.2) is 11.5 Å². The van der Waals surface area contributed by atoms with Gasteiger partial charge >= 0.3 is 0 Å². The number of hydrogen-bond donors (Lipinski definition) is 1. The second-order valence-corrected chi connectivity index (χ2v) is 5.05. The van der Waals surface area contributed by atoms with Crippen molar-refractivity contribution in [2.75, 3.05) is 5.73 Å². The Balaban J connectivity index is 2.23. The van der Waals surface area contributed by atoms with Crippen LogP contribution in [0, 0.1) is 10.1 Å². The van der Waals surface area contributed by atoms with E-state index < -0.39 is 4.92 Å². The molecule has 0 radical (unpaired) electrons. The summed E-state index contributed by atoms with van der Waals surface area (Å²) in [5, 5.41) is 19.0. The zero-order valence-electron chi connectivity index (χ0n) is 10.0. The molecule has 100 valence electrons. The predicted octanol–water partition coefficient (Wildman–Crippen LogP) is 2.65. The van der Waals surface area contributed by atoms with Gasteiger partial charge in [-0.15, -0.1) is 10.2 Å². The van der Waals surface area contributed by atoms with Gasteiger partial charge in [-0.3, -0.25) is 14.5 Å². The summed E-state index contributed by atoms with van der Waals surface area (Å²) in [4.78, 5) is 10.4. The molecule has 8 heteroatoms. The summed E-state index contributed by atoms with van der Waals surface area (Å²) < 4.78 is 2.61. The maximum Gasteiger partial charge on any atom is 0.292 e. The fraction of sp³-hybridized carbons (Fsp3) is 0. The van der Waals surface area contributed by atoms with Crippen molar-refractivity contribution in [3.05, 3.63) is 51.1 Å². The number of nitrogens with two attached hydrogens (primary N) is 1. The van der Waals surface area contributed by atoms with E-state index in [1.165, 1.54) is 12.1 Å². The molecular formula is C12H8BrN5O2. The molecular weight excluding hydrogens is 326 g/mol. The van der Waals surface area contributed by atoms with Crippen LogP contribution in [0.3, 0.4) is 0 Å². The highest BCUT2D eigenvalue weighted by Gasteiger charge is 2.15. The second kappa shape index (κ2) is 4.57. The summed E-state index contributed by atoms with van der Waals surface area (Å²) in [5.41, 5.74) is 6.80. The lowest BCUT2D eigenvalue weighted by molar-refractivity contribution is -0.383. The molecule has 1 aromatic carbocycles. The fourth-order valence-corrected chi connectivity index (χ4v) is 2.24. The van der Waals surface area contributed by atoms with E-state index in [0.29, 0.717) is 17.0 Å². The molecule has 0 saturated heterocycles. The Morgan fingerprint density at radius 3 is 2.80 bits per heavy atom. The van der Waals surface area contributed by atoms with E-state index in [2.05, 4.69) is 26.1 Å². The smallest absolute Gasteiger partial charge is 0.292 e. The number of rotatable bonds is 2. The molecule has 2 N–H and O–H groups in total. The molecule has 7 nitrogen and oxygen atoms in total.